The zero-order chi connectivity index (χ0) is 22.4. The average molecular weight is 527 g/mol. The smallest absolute Gasteiger partial charge is 0.132 e. The predicted octanol–water partition coefficient (Wildman–Crippen LogP) is 8.80. The number of methoxy groups -OCH3 is 1. The molecule has 3 rings (SSSR count). The van der Waals surface area contributed by atoms with Crippen LogP contribution in [0.1, 0.15) is 62.3 Å². The Labute approximate surface area is 202 Å². The molecule has 2 heteroatoms. The van der Waals surface area contributed by atoms with Gasteiger partial charge in [0.25, 0.3) is 0 Å². The van der Waals surface area contributed by atoms with Crippen molar-refractivity contribution in [2.45, 2.75) is 66.2 Å². The number of hydrogen-bond donors (Lipinski definition) is 0. The lowest BCUT2D eigenvalue weighted by Crippen LogP contribution is -2.06. The average Bonchev–Trinajstić information content (AvgIpc) is 2.77. The van der Waals surface area contributed by atoms with Crippen LogP contribution in [0.2, 0.25) is 0 Å². The first-order valence-electron chi connectivity index (χ1n) is 11.6. The Morgan fingerprint density at radius 1 is 0.742 bits per heavy atom. The maximum atomic E-state index is 5.73. The van der Waals surface area contributed by atoms with Crippen LogP contribution in [0.15, 0.2) is 48.5 Å². The molecular formula is C29H35IO. The fraction of sp³-hybridized carbons (Fsp3) is 0.379. The molecule has 0 bridgehead atoms. The van der Waals surface area contributed by atoms with Crippen LogP contribution in [0.3, 0.4) is 0 Å². The highest BCUT2D eigenvalue weighted by molar-refractivity contribution is 14.1. The SMILES string of the molecule is CCCc1cc(CCC)c(-c2c(C)ccc(OC)c2I)c(CCC)c1-c1ccccc1. The first kappa shape index (κ1) is 23.8. The maximum Gasteiger partial charge on any atom is 0.132 e. The number of rotatable bonds is 9. The molecule has 0 amide bonds. The van der Waals surface area contributed by atoms with E-state index in [9.17, 15) is 0 Å². The van der Waals surface area contributed by atoms with Crippen molar-refractivity contribution in [2.75, 3.05) is 7.11 Å². The summed E-state index contributed by atoms with van der Waals surface area (Å²) >= 11 is 2.49. The molecule has 164 valence electrons. The molecule has 0 saturated heterocycles. The van der Waals surface area contributed by atoms with Crippen LogP contribution in [0.25, 0.3) is 22.3 Å². The molecule has 0 heterocycles. The van der Waals surface area contributed by atoms with Crippen molar-refractivity contribution in [1.29, 1.82) is 0 Å². The predicted molar refractivity (Wildman–Crippen MR) is 143 cm³/mol. The van der Waals surface area contributed by atoms with Crippen LogP contribution in [0.4, 0.5) is 0 Å². The highest BCUT2D eigenvalue weighted by Crippen LogP contribution is 2.44. The van der Waals surface area contributed by atoms with Crippen LogP contribution in [0, 0.1) is 10.5 Å². The summed E-state index contributed by atoms with van der Waals surface area (Å²) < 4.78 is 6.95. The molecule has 0 aromatic heterocycles. The molecule has 0 saturated carbocycles. The summed E-state index contributed by atoms with van der Waals surface area (Å²) in [5.74, 6) is 0.963. The Hall–Kier alpha value is -1.81. The van der Waals surface area contributed by atoms with Gasteiger partial charge in [0.2, 0.25) is 0 Å². The standard InChI is InChI=1S/C29H35IO/c1-6-12-22-19-23(13-7-2)28(26-20(4)17-18-25(31-5)29(26)30)24(14-8-3)27(22)21-15-10-9-11-16-21/h9-11,15-19H,6-8,12-14H2,1-5H3. The summed E-state index contributed by atoms with van der Waals surface area (Å²) in [4.78, 5) is 0. The molecule has 0 atom stereocenters. The number of halogens is 1. The molecule has 3 aromatic rings. The molecule has 1 nitrogen and oxygen atoms in total. The highest BCUT2D eigenvalue weighted by Gasteiger charge is 2.23. The highest BCUT2D eigenvalue weighted by atomic mass is 127. The van der Waals surface area contributed by atoms with E-state index < -0.39 is 0 Å². The lowest BCUT2D eigenvalue weighted by atomic mass is 9.80. The molecule has 0 fully saturated rings. The van der Waals surface area contributed by atoms with Gasteiger partial charge in [-0.1, -0.05) is 82.5 Å². The minimum Gasteiger partial charge on any atom is -0.496 e. The Balaban J connectivity index is 2.48. The maximum absolute atomic E-state index is 5.73. The minimum absolute atomic E-state index is 0.963. The second kappa shape index (κ2) is 11.2. The van der Waals surface area contributed by atoms with Crippen LogP contribution in [-0.2, 0) is 19.3 Å². The molecule has 3 aromatic carbocycles. The van der Waals surface area contributed by atoms with Crippen LogP contribution >= 0.6 is 22.6 Å². The Bertz CT molecular complexity index is 1020. The Morgan fingerprint density at radius 2 is 1.35 bits per heavy atom. The third-order valence-corrected chi connectivity index (χ3v) is 7.05. The van der Waals surface area contributed by atoms with E-state index in [1.165, 1.54) is 48.1 Å². The zero-order valence-corrected chi connectivity index (χ0v) is 21.8. The summed E-state index contributed by atoms with van der Waals surface area (Å²) in [6, 6.07) is 17.8. The number of hydrogen-bond acceptors (Lipinski definition) is 1. The fourth-order valence-corrected chi connectivity index (χ4v) is 5.79. The zero-order valence-electron chi connectivity index (χ0n) is 19.6. The summed E-state index contributed by atoms with van der Waals surface area (Å²) in [7, 11) is 1.77. The molecule has 0 N–H and O–H groups in total. The van der Waals surface area contributed by atoms with E-state index >= 15 is 0 Å². The van der Waals surface area contributed by atoms with Gasteiger partial charge in [0.15, 0.2) is 0 Å². The van der Waals surface area contributed by atoms with Gasteiger partial charge in [0, 0.05) is 5.56 Å². The summed E-state index contributed by atoms with van der Waals surface area (Å²) in [5, 5.41) is 0. The van der Waals surface area contributed by atoms with Crippen molar-refractivity contribution in [3.63, 3.8) is 0 Å². The van der Waals surface area contributed by atoms with E-state index in [-0.39, 0.29) is 0 Å². The van der Waals surface area contributed by atoms with E-state index in [1.54, 1.807) is 7.11 Å². The van der Waals surface area contributed by atoms with Crippen LogP contribution < -0.4 is 4.74 Å². The molecular weight excluding hydrogens is 491 g/mol. The second-order valence-corrected chi connectivity index (χ2v) is 9.39. The van der Waals surface area contributed by atoms with Crippen molar-refractivity contribution >= 4 is 22.6 Å². The minimum atomic E-state index is 0.963. The Kier molecular flexibility index (Phi) is 8.59. The van der Waals surface area contributed by atoms with E-state index in [0.29, 0.717) is 0 Å². The quantitative estimate of drug-likeness (QED) is 0.253. The van der Waals surface area contributed by atoms with E-state index in [4.69, 9.17) is 4.74 Å². The van der Waals surface area contributed by atoms with Crippen molar-refractivity contribution in [2.24, 2.45) is 0 Å². The molecule has 31 heavy (non-hydrogen) atoms. The largest absolute Gasteiger partial charge is 0.496 e. The first-order valence-corrected chi connectivity index (χ1v) is 12.7. The van der Waals surface area contributed by atoms with Gasteiger partial charge < -0.3 is 4.74 Å². The van der Waals surface area contributed by atoms with E-state index in [1.807, 2.05) is 0 Å². The van der Waals surface area contributed by atoms with Gasteiger partial charge in [0.1, 0.15) is 5.75 Å². The van der Waals surface area contributed by atoms with Gasteiger partial charge in [-0.15, -0.1) is 0 Å². The molecule has 0 aliphatic carbocycles. The molecule has 0 aliphatic rings. The monoisotopic (exact) mass is 526 g/mol. The Morgan fingerprint density at radius 3 is 1.94 bits per heavy atom. The third-order valence-electron chi connectivity index (χ3n) is 5.98. The van der Waals surface area contributed by atoms with Gasteiger partial charge in [-0.25, -0.2) is 0 Å². The fourth-order valence-electron chi connectivity index (χ4n) is 4.69. The molecule has 0 aliphatic heterocycles. The van der Waals surface area contributed by atoms with Crippen LogP contribution in [0.5, 0.6) is 5.75 Å². The van der Waals surface area contributed by atoms with Gasteiger partial charge in [-0.05, 0) is 93.8 Å². The van der Waals surface area contributed by atoms with Gasteiger partial charge in [-0.3, -0.25) is 0 Å². The normalized spacial score (nSPS) is 11.0. The van der Waals surface area contributed by atoms with Crippen molar-refractivity contribution in [1.82, 2.24) is 0 Å². The third kappa shape index (κ3) is 5.00. The van der Waals surface area contributed by atoms with Crippen molar-refractivity contribution < 1.29 is 4.74 Å². The number of benzene rings is 3. The van der Waals surface area contributed by atoms with E-state index in [2.05, 4.69) is 98.8 Å². The number of ether oxygens (including phenoxy) is 1. The van der Waals surface area contributed by atoms with Gasteiger partial charge in [0.05, 0.1) is 10.7 Å². The second-order valence-electron chi connectivity index (χ2n) is 8.31. The lowest BCUT2D eigenvalue weighted by Gasteiger charge is -2.25. The van der Waals surface area contributed by atoms with Crippen molar-refractivity contribution in [3.05, 3.63) is 74.4 Å². The molecule has 0 radical (unpaired) electrons. The van der Waals surface area contributed by atoms with E-state index in [0.717, 1.165) is 44.3 Å². The first-order chi connectivity index (χ1) is 15.1. The lowest BCUT2D eigenvalue weighted by molar-refractivity contribution is 0.412. The van der Waals surface area contributed by atoms with Gasteiger partial charge >= 0.3 is 0 Å². The van der Waals surface area contributed by atoms with Gasteiger partial charge in [-0.2, -0.15) is 0 Å². The van der Waals surface area contributed by atoms with Crippen molar-refractivity contribution in [3.8, 4) is 28.0 Å². The summed E-state index contributed by atoms with van der Waals surface area (Å²) in [5.41, 5.74) is 11.4. The number of aryl methyl sites for hydroxylation is 3. The molecule has 0 unspecified atom stereocenters. The summed E-state index contributed by atoms with van der Waals surface area (Å²) in [6.07, 6.45) is 6.74. The van der Waals surface area contributed by atoms with Crippen LogP contribution in [-0.4, -0.2) is 7.11 Å². The summed E-state index contributed by atoms with van der Waals surface area (Å²) in [6.45, 7) is 9.12. The molecule has 0 spiro atoms. The topological polar surface area (TPSA) is 9.23 Å².